The van der Waals surface area contributed by atoms with Crippen LogP contribution < -0.4 is 5.32 Å². The Bertz CT molecular complexity index is 637. The van der Waals surface area contributed by atoms with Crippen molar-refractivity contribution in [2.24, 2.45) is 0 Å². The molecule has 6 nitrogen and oxygen atoms in total. The van der Waals surface area contributed by atoms with Gasteiger partial charge in [0.05, 0.1) is 6.04 Å². The Balaban J connectivity index is 1.96. The molecule has 2 rings (SSSR count). The summed E-state index contributed by atoms with van der Waals surface area (Å²) in [5.41, 5.74) is -0.0486. The van der Waals surface area contributed by atoms with Crippen LogP contribution in [0.3, 0.4) is 0 Å². The van der Waals surface area contributed by atoms with Crippen molar-refractivity contribution >= 4 is 12.0 Å². The van der Waals surface area contributed by atoms with Crippen LogP contribution in [-0.4, -0.2) is 60.1 Å². The van der Waals surface area contributed by atoms with Crippen molar-refractivity contribution in [1.29, 1.82) is 0 Å². The third kappa shape index (κ3) is 5.98. The maximum Gasteiger partial charge on any atom is 0.410 e. The van der Waals surface area contributed by atoms with E-state index in [0.29, 0.717) is 38.3 Å². The molecule has 1 saturated heterocycles. The highest BCUT2D eigenvalue weighted by Gasteiger charge is 2.27. The van der Waals surface area contributed by atoms with Crippen LogP contribution in [-0.2, 0) is 9.53 Å². The van der Waals surface area contributed by atoms with E-state index >= 15 is 0 Å². The monoisotopic (exact) mass is 365 g/mol. The van der Waals surface area contributed by atoms with Gasteiger partial charge in [-0.3, -0.25) is 9.69 Å². The van der Waals surface area contributed by atoms with Gasteiger partial charge in [0.25, 0.3) is 0 Å². The lowest BCUT2D eigenvalue weighted by atomic mass is 10.0. The highest BCUT2D eigenvalue weighted by molar-refractivity contribution is 5.73. The fraction of sp³-hybridized carbons (Fsp3) is 0.579. The van der Waals surface area contributed by atoms with Crippen LogP contribution in [0.2, 0.25) is 0 Å². The number of nitrogens with one attached hydrogen (secondary N) is 1. The normalized spacial score (nSPS) is 16.9. The van der Waals surface area contributed by atoms with Crippen LogP contribution in [0.1, 0.15) is 39.3 Å². The van der Waals surface area contributed by atoms with E-state index in [4.69, 9.17) is 4.74 Å². The SMILES string of the molecule is CC(=O)NC(CN1CCN(C(=O)OC(C)(C)C)CC1)c1ccccc1F. The molecule has 1 heterocycles. The first-order chi connectivity index (χ1) is 12.2. The zero-order valence-electron chi connectivity index (χ0n) is 15.9. The second-order valence-electron chi connectivity index (χ2n) is 7.54. The maximum atomic E-state index is 14.1. The lowest BCUT2D eigenvalue weighted by Crippen LogP contribution is -2.51. The third-order valence-corrected chi connectivity index (χ3v) is 4.12. The van der Waals surface area contributed by atoms with Gasteiger partial charge in [0.1, 0.15) is 11.4 Å². The maximum absolute atomic E-state index is 14.1. The van der Waals surface area contributed by atoms with Crippen molar-refractivity contribution in [2.75, 3.05) is 32.7 Å². The number of benzene rings is 1. The third-order valence-electron chi connectivity index (χ3n) is 4.12. The number of piperazine rings is 1. The molecule has 1 aromatic carbocycles. The molecule has 1 fully saturated rings. The number of carbonyl (C=O) groups is 2. The Hall–Kier alpha value is -2.15. The minimum Gasteiger partial charge on any atom is -0.444 e. The van der Waals surface area contributed by atoms with E-state index in [1.807, 2.05) is 20.8 Å². The van der Waals surface area contributed by atoms with Gasteiger partial charge in [-0.2, -0.15) is 0 Å². The summed E-state index contributed by atoms with van der Waals surface area (Å²) in [4.78, 5) is 27.5. The van der Waals surface area contributed by atoms with Gasteiger partial charge in [0.15, 0.2) is 0 Å². The summed E-state index contributed by atoms with van der Waals surface area (Å²) in [7, 11) is 0. The minimum atomic E-state index is -0.518. The summed E-state index contributed by atoms with van der Waals surface area (Å²) >= 11 is 0. The largest absolute Gasteiger partial charge is 0.444 e. The molecular formula is C19H28FN3O3. The molecule has 1 atom stereocenters. The van der Waals surface area contributed by atoms with Gasteiger partial charge in [-0.25, -0.2) is 9.18 Å². The summed E-state index contributed by atoms with van der Waals surface area (Å²) in [6.45, 7) is 9.80. The molecule has 2 amide bonds. The Morgan fingerprint density at radius 2 is 1.81 bits per heavy atom. The Kier molecular flexibility index (Phi) is 6.58. The summed E-state index contributed by atoms with van der Waals surface area (Å²) < 4.78 is 19.5. The van der Waals surface area contributed by atoms with Crippen LogP contribution >= 0.6 is 0 Å². The molecular weight excluding hydrogens is 337 g/mol. The topological polar surface area (TPSA) is 61.9 Å². The number of hydrogen-bond donors (Lipinski definition) is 1. The number of ether oxygens (including phenoxy) is 1. The molecule has 0 bridgehead atoms. The van der Waals surface area contributed by atoms with Crippen molar-refractivity contribution < 1.29 is 18.7 Å². The molecule has 1 unspecified atom stereocenters. The minimum absolute atomic E-state index is 0.203. The molecule has 0 aliphatic carbocycles. The fourth-order valence-corrected chi connectivity index (χ4v) is 2.92. The molecule has 1 aromatic rings. The highest BCUT2D eigenvalue weighted by atomic mass is 19.1. The van der Waals surface area contributed by atoms with Gasteiger partial charge in [-0.1, -0.05) is 18.2 Å². The Morgan fingerprint density at radius 3 is 2.35 bits per heavy atom. The van der Waals surface area contributed by atoms with Gasteiger partial charge >= 0.3 is 6.09 Å². The van der Waals surface area contributed by atoms with Crippen molar-refractivity contribution in [3.8, 4) is 0 Å². The smallest absolute Gasteiger partial charge is 0.410 e. The second-order valence-corrected chi connectivity index (χ2v) is 7.54. The number of halogens is 1. The molecule has 7 heteroatoms. The van der Waals surface area contributed by atoms with Crippen LogP contribution in [0.15, 0.2) is 24.3 Å². The lowest BCUT2D eigenvalue weighted by molar-refractivity contribution is -0.119. The number of rotatable bonds is 4. The van der Waals surface area contributed by atoms with Crippen molar-refractivity contribution in [2.45, 2.75) is 39.3 Å². The molecule has 0 spiro atoms. The van der Waals surface area contributed by atoms with Gasteiger partial charge in [-0.15, -0.1) is 0 Å². The summed E-state index contributed by atoms with van der Waals surface area (Å²) in [5, 5.41) is 2.82. The second kappa shape index (κ2) is 8.49. The summed E-state index contributed by atoms with van der Waals surface area (Å²) in [5.74, 6) is -0.538. The van der Waals surface area contributed by atoms with E-state index in [0.717, 1.165) is 0 Å². The van der Waals surface area contributed by atoms with Crippen LogP contribution in [0.25, 0.3) is 0 Å². The number of amides is 2. The molecule has 26 heavy (non-hydrogen) atoms. The lowest BCUT2D eigenvalue weighted by Gasteiger charge is -2.37. The standard InChI is InChI=1S/C19H28FN3O3/c1-14(24)21-17(15-7-5-6-8-16(15)20)13-22-9-11-23(12-10-22)18(25)26-19(2,3)4/h5-8,17H,9-13H2,1-4H3,(H,21,24). The zero-order chi connectivity index (χ0) is 19.3. The van der Waals surface area contributed by atoms with Crippen molar-refractivity contribution in [3.63, 3.8) is 0 Å². The van der Waals surface area contributed by atoms with Crippen LogP contribution in [0.5, 0.6) is 0 Å². The van der Waals surface area contributed by atoms with E-state index in [-0.39, 0.29) is 17.8 Å². The van der Waals surface area contributed by atoms with Crippen molar-refractivity contribution in [3.05, 3.63) is 35.6 Å². The molecule has 0 saturated carbocycles. The number of carbonyl (C=O) groups excluding carboxylic acids is 2. The predicted octanol–water partition coefficient (Wildman–Crippen LogP) is 2.56. The molecule has 1 aliphatic rings. The molecule has 1 N–H and O–H groups in total. The first-order valence-corrected chi connectivity index (χ1v) is 8.87. The van der Waals surface area contributed by atoms with E-state index in [9.17, 15) is 14.0 Å². The van der Waals surface area contributed by atoms with Gasteiger partial charge in [-0.05, 0) is 26.8 Å². The van der Waals surface area contributed by atoms with Gasteiger partial charge < -0.3 is 15.0 Å². The average molecular weight is 365 g/mol. The van der Waals surface area contributed by atoms with E-state index in [1.54, 1.807) is 23.1 Å². The van der Waals surface area contributed by atoms with Crippen LogP contribution in [0, 0.1) is 5.82 Å². The van der Waals surface area contributed by atoms with Gasteiger partial charge in [0, 0.05) is 45.2 Å². The highest BCUT2D eigenvalue weighted by Crippen LogP contribution is 2.19. The number of nitrogens with zero attached hydrogens (tertiary/aromatic N) is 2. The number of hydrogen-bond acceptors (Lipinski definition) is 4. The summed E-state index contributed by atoms with van der Waals surface area (Å²) in [6, 6.07) is 6.04. The fourth-order valence-electron chi connectivity index (χ4n) is 2.92. The van der Waals surface area contributed by atoms with E-state index in [1.165, 1.54) is 13.0 Å². The van der Waals surface area contributed by atoms with Crippen LogP contribution in [0.4, 0.5) is 9.18 Å². The van der Waals surface area contributed by atoms with E-state index in [2.05, 4.69) is 10.2 Å². The predicted molar refractivity (Wildman–Crippen MR) is 97.2 cm³/mol. The average Bonchev–Trinajstić information content (AvgIpc) is 2.53. The first kappa shape index (κ1) is 20.2. The van der Waals surface area contributed by atoms with E-state index < -0.39 is 11.6 Å². The Labute approximate surface area is 154 Å². The van der Waals surface area contributed by atoms with Crippen molar-refractivity contribution in [1.82, 2.24) is 15.1 Å². The molecule has 144 valence electrons. The van der Waals surface area contributed by atoms with Gasteiger partial charge in [0.2, 0.25) is 5.91 Å². The first-order valence-electron chi connectivity index (χ1n) is 8.87. The molecule has 1 aliphatic heterocycles. The zero-order valence-corrected chi connectivity index (χ0v) is 15.9. The summed E-state index contributed by atoms with van der Waals surface area (Å²) in [6.07, 6.45) is -0.315. The quantitative estimate of drug-likeness (QED) is 0.891. The Morgan fingerprint density at radius 1 is 1.19 bits per heavy atom. The molecule has 0 aromatic heterocycles. The molecule has 0 radical (unpaired) electrons.